The summed E-state index contributed by atoms with van der Waals surface area (Å²) in [6.45, 7) is 0. The zero-order valence-electron chi connectivity index (χ0n) is 7.77. The molecule has 0 atom stereocenters. The van der Waals surface area contributed by atoms with Crippen LogP contribution in [0, 0.1) is 0 Å². The van der Waals surface area contributed by atoms with Crippen LogP contribution in [0.15, 0.2) is 30.3 Å². The number of rotatable bonds is 3. The summed E-state index contributed by atoms with van der Waals surface area (Å²) in [5.41, 5.74) is 0. The van der Waals surface area contributed by atoms with Gasteiger partial charge in [-0.1, -0.05) is 0 Å². The van der Waals surface area contributed by atoms with Crippen LogP contribution in [0.5, 0.6) is 0 Å². The summed E-state index contributed by atoms with van der Waals surface area (Å²) in [6, 6.07) is 10.7. The first kappa shape index (κ1) is 15.8. The first-order chi connectivity index (χ1) is 5.29. The molecule has 0 spiro atoms. The molecule has 4 heteroatoms. The fourth-order valence-corrected chi connectivity index (χ4v) is 1.90. The van der Waals surface area contributed by atoms with E-state index in [1.54, 1.807) is 0 Å². The van der Waals surface area contributed by atoms with E-state index in [4.69, 9.17) is 0 Å². The summed E-state index contributed by atoms with van der Waals surface area (Å²) in [6.07, 6.45) is 0. The Morgan fingerprint density at radius 1 is 1.08 bits per heavy atom. The van der Waals surface area contributed by atoms with E-state index in [0.29, 0.717) is 15.2 Å². The number of halogens is 2. The van der Waals surface area contributed by atoms with Gasteiger partial charge in [0.05, 0.1) is 0 Å². The van der Waals surface area contributed by atoms with Gasteiger partial charge in [0.2, 0.25) is 0 Å². The topological polar surface area (TPSA) is 3.24 Å². The fourth-order valence-electron chi connectivity index (χ4n) is 0.720. The van der Waals surface area contributed by atoms with E-state index in [9.17, 15) is 0 Å². The van der Waals surface area contributed by atoms with Crippen molar-refractivity contribution in [2.45, 2.75) is 0 Å². The van der Waals surface area contributed by atoms with Crippen molar-refractivity contribution in [3.05, 3.63) is 30.3 Å². The van der Waals surface area contributed by atoms with Crippen LogP contribution in [-0.4, -0.2) is 24.4 Å². The summed E-state index contributed by atoms with van der Waals surface area (Å²) < 4.78 is 1.48. The van der Waals surface area contributed by atoms with Gasteiger partial charge in [-0.15, -0.1) is 24.8 Å². The van der Waals surface area contributed by atoms with Crippen LogP contribution in [0.4, 0.5) is 0 Å². The van der Waals surface area contributed by atoms with Crippen LogP contribution in [0.3, 0.4) is 0 Å². The van der Waals surface area contributed by atoms with Gasteiger partial charge in [0.1, 0.15) is 0 Å². The predicted octanol–water partition coefficient (Wildman–Crippen LogP) is 1.76. The summed E-state index contributed by atoms with van der Waals surface area (Å²) in [5.74, 6) is 0. The molecule has 0 amide bonds. The SMILES string of the molecule is CN(C)[CH2][Cr][c]1ccccc1.Cl.Cl. The van der Waals surface area contributed by atoms with Crippen molar-refractivity contribution in [3.63, 3.8) is 0 Å². The minimum atomic E-state index is 0. The normalized spacial score (nSPS) is 8.85. The number of hydrogen-bond donors (Lipinski definition) is 0. The van der Waals surface area contributed by atoms with Gasteiger partial charge in [-0.25, -0.2) is 0 Å². The quantitative estimate of drug-likeness (QED) is 0.800. The summed E-state index contributed by atoms with van der Waals surface area (Å²) in [5, 5.41) is 1.19. The Labute approximate surface area is 99.0 Å². The molecule has 0 aliphatic carbocycles. The first-order valence-corrected chi connectivity index (χ1v) is 5.15. The van der Waals surface area contributed by atoms with E-state index in [0.717, 1.165) is 0 Å². The molecule has 0 radical (unpaired) electrons. The maximum atomic E-state index is 2.23. The van der Waals surface area contributed by atoms with E-state index < -0.39 is 0 Å². The van der Waals surface area contributed by atoms with E-state index in [1.165, 1.54) is 9.83 Å². The summed E-state index contributed by atoms with van der Waals surface area (Å²) in [4.78, 5) is 2.23. The average molecular weight is 260 g/mol. The van der Waals surface area contributed by atoms with Crippen molar-refractivity contribution in [1.82, 2.24) is 4.90 Å². The van der Waals surface area contributed by atoms with Crippen LogP contribution in [0.2, 0.25) is 0 Å². The Hall–Kier alpha value is 0.292. The van der Waals surface area contributed by atoms with Crippen molar-refractivity contribution in [3.8, 4) is 0 Å². The van der Waals surface area contributed by atoms with E-state index in [-0.39, 0.29) is 24.8 Å². The second-order valence-corrected chi connectivity index (χ2v) is 4.26. The third-order valence-corrected chi connectivity index (χ3v) is 3.19. The molecule has 0 unspecified atom stereocenters. The maximum absolute atomic E-state index is 2.23. The molecular weight excluding hydrogens is 245 g/mol. The minimum Gasteiger partial charge on any atom is -0.147 e. The Balaban J connectivity index is 0. The smallest absolute Gasteiger partial charge is 0.147 e. The van der Waals surface area contributed by atoms with E-state index in [2.05, 4.69) is 49.3 Å². The molecular formula is C9H15Cl2CrN. The second-order valence-electron chi connectivity index (χ2n) is 2.67. The van der Waals surface area contributed by atoms with Crippen molar-refractivity contribution in [2.24, 2.45) is 0 Å². The average Bonchev–Trinajstić information content (AvgIpc) is 2.03. The number of benzene rings is 1. The Morgan fingerprint density at radius 3 is 2.08 bits per heavy atom. The van der Waals surface area contributed by atoms with Gasteiger partial charge in [-0.3, -0.25) is 0 Å². The second kappa shape index (κ2) is 8.87. The van der Waals surface area contributed by atoms with E-state index in [1.807, 2.05) is 0 Å². The minimum absolute atomic E-state index is 0. The van der Waals surface area contributed by atoms with Gasteiger partial charge in [0.25, 0.3) is 0 Å². The van der Waals surface area contributed by atoms with Crippen molar-refractivity contribution in [2.75, 3.05) is 19.5 Å². The Kier molecular flexibility index (Phi) is 10.7. The van der Waals surface area contributed by atoms with Gasteiger partial charge in [-0.05, 0) is 0 Å². The largest absolute Gasteiger partial charge is 0.147 e. The molecule has 0 aliphatic rings. The molecule has 0 bridgehead atoms. The molecule has 0 N–H and O–H groups in total. The van der Waals surface area contributed by atoms with Gasteiger partial charge in [-0.2, -0.15) is 0 Å². The molecule has 1 nitrogen and oxygen atoms in total. The molecule has 0 fully saturated rings. The third kappa shape index (κ3) is 7.37. The van der Waals surface area contributed by atoms with Gasteiger partial charge in [0, 0.05) is 0 Å². The fraction of sp³-hybridized carbons (Fsp3) is 0.333. The molecule has 0 aromatic heterocycles. The standard InChI is InChI=1S/C6H5.C3H8N.2ClH.Cr/c1-2-4-6-5-3-1;1-4(2)3;;;/h1-5H;1H2,2-3H3;2*1H;. The molecule has 0 aliphatic heterocycles. The summed E-state index contributed by atoms with van der Waals surface area (Å²) >= 11 is 0.616. The molecule has 0 saturated heterocycles. The zero-order chi connectivity index (χ0) is 8.10. The molecule has 0 saturated carbocycles. The third-order valence-electron chi connectivity index (χ3n) is 1.23. The van der Waals surface area contributed by atoms with Crippen molar-refractivity contribution in [1.29, 1.82) is 0 Å². The Bertz CT molecular complexity index is 204. The number of hydrogen-bond acceptors (Lipinski definition) is 1. The van der Waals surface area contributed by atoms with Gasteiger partial charge in [0.15, 0.2) is 0 Å². The Morgan fingerprint density at radius 2 is 1.62 bits per heavy atom. The summed E-state index contributed by atoms with van der Waals surface area (Å²) in [7, 11) is 4.23. The predicted molar refractivity (Wildman–Crippen MR) is 59.1 cm³/mol. The van der Waals surface area contributed by atoms with E-state index >= 15 is 0 Å². The molecule has 1 aromatic carbocycles. The van der Waals surface area contributed by atoms with Crippen molar-refractivity contribution >= 4 is 29.2 Å². The monoisotopic (exact) mass is 259 g/mol. The zero-order valence-corrected chi connectivity index (χ0v) is 10.7. The van der Waals surface area contributed by atoms with Crippen molar-refractivity contribution < 1.29 is 15.2 Å². The molecule has 1 rings (SSSR count). The molecule has 76 valence electrons. The first-order valence-electron chi connectivity index (χ1n) is 3.61. The van der Waals surface area contributed by atoms with Crippen LogP contribution < -0.4 is 4.43 Å². The molecule has 13 heavy (non-hydrogen) atoms. The van der Waals surface area contributed by atoms with Gasteiger partial charge < -0.3 is 0 Å². The molecule has 1 aromatic rings. The van der Waals surface area contributed by atoms with Crippen LogP contribution in [-0.2, 0) is 15.2 Å². The van der Waals surface area contributed by atoms with Crippen LogP contribution in [0.25, 0.3) is 0 Å². The van der Waals surface area contributed by atoms with Gasteiger partial charge >= 0.3 is 74.4 Å². The van der Waals surface area contributed by atoms with Crippen LogP contribution >= 0.6 is 24.8 Å². The molecule has 0 heterocycles. The maximum Gasteiger partial charge on any atom is -0.147 e. The number of nitrogens with zero attached hydrogens (tertiary/aromatic N) is 1. The van der Waals surface area contributed by atoms with Crippen LogP contribution in [0.1, 0.15) is 0 Å².